The van der Waals surface area contributed by atoms with Gasteiger partial charge in [-0.05, 0) is 18.4 Å². The molecule has 4 nitrogen and oxygen atoms in total. The van der Waals surface area contributed by atoms with Crippen LogP contribution in [0.5, 0.6) is 5.75 Å². The number of carbonyl (C=O) groups excluding carboxylic acids is 1. The normalized spacial score (nSPS) is 17.3. The van der Waals surface area contributed by atoms with Crippen LogP contribution in [0.3, 0.4) is 0 Å². The van der Waals surface area contributed by atoms with Crippen molar-refractivity contribution in [3.63, 3.8) is 0 Å². The van der Waals surface area contributed by atoms with E-state index in [1.165, 1.54) is 0 Å². The number of amides is 1. The van der Waals surface area contributed by atoms with Crippen molar-refractivity contribution >= 4 is 29.3 Å². The highest BCUT2D eigenvalue weighted by Crippen LogP contribution is 2.27. The summed E-state index contributed by atoms with van der Waals surface area (Å²) in [5.41, 5.74) is 0.752. The zero-order valence-corrected chi connectivity index (χ0v) is 14.3. The van der Waals surface area contributed by atoms with Crippen molar-refractivity contribution in [1.82, 2.24) is 9.88 Å². The average Bonchev–Trinajstić information content (AvgIpc) is 3.05. The number of likely N-dealkylation sites (tertiary alicyclic amines) is 1. The minimum absolute atomic E-state index is 0.0414. The smallest absolute Gasteiger partial charge is 0.255 e. The van der Waals surface area contributed by atoms with Crippen LogP contribution in [-0.2, 0) is 0 Å². The van der Waals surface area contributed by atoms with Gasteiger partial charge in [-0.3, -0.25) is 9.78 Å². The average molecular weight is 349 g/mol. The molecule has 0 radical (unpaired) electrons. The molecule has 120 valence electrons. The Bertz CT molecular complexity index is 710. The summed E-state index contributed by atoms with van der Waals surface area (Å²) in [7, 11) is 0. The molecular weight excluding hydrogens is 332 g/mol. The Morgan fingerprint density at radius 2 is 2.22 bits per heavy atom. The van der Waals surface area contributed by atoms with E-state index >= 15 is 0 Å². The van der Waals surface area contributed by atoms with Crippen molar-refractivity contribution in [1.29, 1.82) is 0 Å². The molecule has 23 heavy (non-hydrogen) atoms. The SMILES string of the molecule is CSc1ccccc1C(=O)N1CC[C@H](Oc2ccncc2Cl)C1. The van der Waals surface area contributed by atoms with Crippen molar-refractivity contribution in [2.75, 3.05) is 19.3 Å². The number of pyridine rings is 1. The molecule has 1 fully saturated rings. The van der Waals surface area contributed by atoms with Gasteiger partial charge < -0.3 is 9.64 Å². The van der Waals surface area contributed by atoms with Gasteiger partial charge in [-0.25, -0.2) is 0 Å². The van der Waals surface area contributed by atoms with Gasteiger partial charge in [0.05, 0.1) is 12.1 Å². The summed E-state index contributed by atoms with van der Waals surface area (Å²) in [5, 5.41) is 0.491. The largest absolute Gasteiger partial charge is 0.487 e. The van der Waals surface area contributed by atoms with E-state index < -0.39 is 0 Å². The number of rotatable bonds is 4. The number of nitrogens with zero attached hydrogens (tertiary/aromatic N) is 2. The van der Waals surface area contributed by atoms with Gasteiger partial charge in [0.2, 0.25) is 0 Å². The summed E-state index contributed by atoms with van der Waals surface area (Å²) in [5.74, 6) is 0.673. The Hall–Kier alpha value is -1.72. The van der Waals surface area contributed by atoms with E-state index in [0.29, 0.717) is 23.9 Å². The van der Waals surface area contributed by atoms with E-state index in [-0.39, 0.29) is 12.0 Å². The monoisotopic (exact) mass is 348 g/mol. The number of aromatic nitrogens is 1. The first kappa shape index (κ1) is 16.1. The first-order valence-electron chi connectivity index (χ1n) is 7.37. The van der Waals surface area contributed by atoms with Gasteiger partial charge in [0.25, 0.3) is 5.91 Å². The van der Waals surface area contributed by atoms with Gasteiger partial charge in [0.15, 0.2) is 0 Å². The molecule has 1 aromatic heterocycles. The van der Waals surface area contributed by atoms with Crippen LogP contribution in [0.25, 0.3) is 0 Å². The van der Waals surface area contributed by atoms with Crippen molar-refractivity contribution < 1.29 is 9.53 Å². The Morgan fingerprint density at radius 3 is 3.00 bits per heavy atom. The van der Waals surface area contributed by atoms with E-state index in [0.717, 1.165) is 16.9 Å². The standard InChI is InChI=1S/C17H17ClN2O2S/c1-23-16-5-3-2-4-13(16)17(21)20-9-7-12(11-20)22-15-6-8-19-10-14(15)18/h2-6,8,10,12H,7,9,11H2,1H3/t12-/m0/s1. The number of benzene rings is 1. The number of halogens is 1. The second kappa shape index (κ2) is 7.23. The Labute approximate surface area is 144 Å². The minimum Gasteiger partial charge on any atom is -0.487 e. The molecule has 3 rings (SSSR count). The maximum atomic E-state index is 12.7. The fourth-order valence-corrected chi connectivity index (χ4v) is 3.39. The molecule has 1 aliphatic heterocycles. The fourth-order valence-electron chi connectivity index (χ4n) is 2.64. The van der Waals surface area contributed by atoms with Crippen LogP contribution in [-0.4, -0.2) is 41.2 Å². The van der Waals surface area contributed by atoms with Gasteiger partial charge in [0, 0.05) is 36.3 Å². The van der Waals surface area contributed by atoms with Crippen molar-refractivity contribution in [3.05, 3.63) is 53.3 Å². The first-order valence-corrected chi connectivity index (χ1v) is 8.98. The topological polar surface area (TPSA) is 42.4 Å². The lowest BCUT2D eigenvalue weighted by Gasteiger charge is -2.18. The predicted octanol–water partition coefficient (Wildman–Crippen LogP) is 3.75. The molecule has 1 amide bonds. The van der Waals surface area contributed by atoms with E-state index in [2.05, 4.69) is 4.98 Å². The third-order valence-electron chi connectivity index (χ3n) is 3.80. The zero-order valence-electron chi connectivity index (χ0n) is 12.7. The Morgan fingerprint density at radius 1 is 1.39 bits per heavy atom. The Balaban J connectivity index is 1.68. The minimum atomic E-state index is -0.0414. The molecule has 1 aliphatic rings. The number of ether oxygens (including phenoxy) is 1. The molecule has 0 N–H and O–H groups in total. The number of hydrogen-bond acceptors (Lipinski definition) is 4. The molecule has 0 spiro atoms. The molecule has 6 heteroatoms. The number of thioether (sulfide) groups is 1. The van der Waals surface area contributed by atoms with Crippen LogP contribution < -0.4 is 4.74 Å². The van der Waals surface area contributed by atoms with Crippen LogP contribution in [0.4, 0.5) is 0 Å². The second-order valence-electron chi connectivity index (χ2n) is 5.29. The third kappa shape index (κ3) is 3.62. The summed E-state index contributed by atoms with van der Waals surface area (Å²) in [4.78, 5) is 19.5. The molecule has 1 atom stereocenters. The highest BCUT2D eigenvalue weighted by molar-refractivity contribution is 7.98. The first-order chi connectivity index (χ1) is 11.2. The van der Waals surface area contributed by atoms with Gasteiger partial charge in [0.1, 0.15) is 16.9 Å². The summed E-state index contributed by atoms with van der Waals surface area (Å²) in [6.07, 6.45) is 5.94. The summed E-state index contributed by atoms with van der Waals surface area (Å²) in [6, 6.07) is 9.44. The summed E-state index contributed by atoms with van der Waals surface area (Å²) >= 11 is 7.65. The molecule has 0 unspecified atom stereocenters. The number of hydrogen-bond donors (Lipinski definition) is 0. The van der Waals surface area contributed by atoms with Crippen LogP contribution in [0, 0.1) is 0 Å². The third-order valence-corrected chi connectivity index (χ3v) is 4.88. The van der Waals surface area contributed by atoms with E-state index in [1.807, 2.05) is 35.4 Å². The summed E-state index contributed by atoms with van der Waals surface area (Å²) in [6.45, 7) is 1.26. The van der Waals surface area contributed by atoms with Crippen molar-refractivity contribution in [3.8, 4) is 5.75 Å². The highest BCUT2D eigenvalue weighted by Gasteiger charge is 2.29. The lowest BCUT2D eigenvalue weighted by atomic mass is 10.2. The van der Waals surface area contributed by atoms with Crippen LogP contribution in [0.2, 0.25) is 5.02 Å². The fraction of sp³-hybridized carbons (Fsp3) is 0.294. The number of carbonyl (C=O) groups is 1. The summed E-state index contributed by atoms with van der Waals surface area (Å²) < 4.78 is 5.91. The zero-order chi connectivity index (χ0) is 16.2. The van der Waals surface area contributed by atoms with E-state index in [1.54, 1.807) is 30.2 Å². The second-order valence-corrected chi connectivity index (χ2v) is 6.54. The highest BCUT2D eigenvalue weighted by atomic mass is 35.5. The van der Waals surface area contributed by atoms with Crippen molar-refractivity contribution in [2.24, 2.45) is 0 Å². The van der Waals surface area contributed by atoms with Crippen LogP contribution in [0.1, 0.15) is 16.8 Å². The Kier molecular flexibility index (Phi) is 5.08. The van der Waals surface area contributed by atoms with Gasteiger partial charge >= 0.3 is 0 Å². The molecule has 2 heterocycles. The quantitative estimate of drug-likeness (QED) is 0.789. The molecule has 2 aromatic rings. The maximum absolute atomic E-state index is 12.7. The maximum Gasteiger partial charge on any atom is 0.255 e. The lowest BCUT2D eigenvalue weighted by Crippen LogP contribution is -2.31. The lowest BCUT2D eigenvalue weighted by molar-refractivity contribution is 0.0769. The predicted molar refractivity (Wildman–Crippen MR) is 92.4 cm³/mol. The van der Waals surface area contributed by atoms with E-state index in [4.69, 9.17) is 16.3 Å². The molecular formula is C17H17ClN2O2S. The van der Waals surface area contributed by atoms with Crippen LogP contribution in [0.15, 0.2) is 47.6 Å². The van der Waals surface area contributed by atoms with Crippen LogP contribution >= 0.6 is 23.4 Å². The van der Waals surface area contributed by atoms with E-state index in [9.17, 15) is 4.79 Å². The van der Waals surface area contributed by atoms with Crippen molar-refractivity contribution in [2.45, 2.75) is 17.4 Å². The molecule has 1 saturated heterocycles. The molecule has 0 bridgehead atoms. The molecule has 1 aromatic carbocycles. The molecule has 0 saturated carbocycles. The molecule has 0 aliphatic carbocycles. The van der Waals surface area contributed by atoms with Gasteiger partial charge in [-0.2, -0.15) is 0 Å². The van der Waals surface area contributed by atoms with Gasteiger partial charge in [-0.15, -0.1) is 11.8 Å². The van der Waals surface area contributed by atoms with Gasteiger partial charge in [-0.1, -0.05) is 23.7 Å².